The number of carbonyl (C=O) groups is 2. The zero-order valence-electron chi connectivity index (χ0n) is 11.5. The Bertz CT molecular complexity index is 442. The SMILES string of the molecule is O=C(CNC(=O)[C@@H]1CCCCN1)NCc1ccccc1. The molecule has 2 rings (SSSR count). The fraction of sp³-hybridized carbons (Fsp3) is 0.467. The van der Waals surface area contributed by atoms with E-state index in [1.54, 1.807) is 0 Å². The van der Waals surface area contributed by atoms with Gasteiger partial charge in [0.15, 0.2) is 0 Å². The molecule has 1 atom stereocenters. The maximum absolute atomic E-state index is 11.8. The molecule has 1 aliphatic heterocycles. The van der Waals surface area contributed by atoms with E-state index in [9.17, 15) is 9.59 Å². The average molecular weight is 275 g/mol. The van der Waals surface area contributed by atoms with Crippen molar-refractivity contribution in [3.05, 3.63) is 35.9 Å². The van der Waals surface area contributed by atoms with Gasteiger partial charge in [-0.05, 0) is 24.9 Å². The standard InChI is InChI=1S/C15H21N3O2/c19-14(17-10-12-6-2-1-3-7-12)11-18-15(20)13-8-4-5-9-16-13/h1-3,6-7,13,16H,4-5,8-11H2,(H,17,19)(H,18,20)/t13-/m0/s1. The molecule has 0 spiro atoms. The van der Waals surface area contributed by atoms with Gasteiger partial charge in [-0.15, -0.1) is 0 Å². The van der Waals surface area contributed by atoms with E-state index < -0.39 is 0 Å². The van der Waals surface area contributed by atoms with E-state index in [1.165, 1.54) is 0 Å². The number of hydrogen-bond acceptors (Lipinski definition) is 3. The second kappa shape index (κ2) is 7.65. The quantitative estimate of drug-likeness (QED) is 0.735. The number of benzene rings is 1. The maximum Gasteiger partial charge on any atom is 0.239 e. The first-order valence-electron chi connectivity index (χ1n) is 7.07. The number of carbonyl (C=O) groups excluding carboxylic acids is 2. The minimum atomic E-state index is -0.169. The monoisotopic (exact) mass is 275 g/mol. The van der Waals surface area contributed by atoms with Gasteiger partial charge < -0.3 is 16.0 Å². The molecule has 2 amide bonds. The molecule has 1 aromatic rings. The molecule has 20 heavy (non-hydrogen) atoms. The van der Waals surface area contributed by atoms with Crippen LogP contribution in [0.3, 0.4) is 0 Å². The second-order valence-electron chi connectivity index (χ2n) is 4.98. The molecule has 3 N–H and O–H groups in total. The highest BCUT2D eigenvalue weighted by atomic mass is 16.2. The Labute approximate surface area is 119 Å². The van der Waals surface area contributed by atoms with E-state index in [2.05, 4.69) is 16.0 Å². The molecule has 1 heterocycles. The zero-order chi connectivity index (χ0) is 14.2. The maximum atomic E-state index is 11.8. The van der Waals surface area contributed by atoms with E-state index in [1.807, 2.05) is 30.3 Å². The van der Waals surface area contributed by atoms with E-state index in [0.717, 1.165) is 31.4 Å². The van der Waals surface area contributed by atoms with Crippen LogP contribution in [-0.4, -0.2) is 30.9 Å². The summed E-state index contributed by atoms with van der Waals surface area (Å²) in [5, 5.41) is 8.61. The summed E-state index contributed by atoms with van der Waals surface area (Å²) in [4.78, 5) is 23.5. The van der Waals surface area contributed by atoms with Gasteiger partial charge in [-0.2, -0.15) is 0 Å². The molecular weight excluding hydrogens is 254 g/mol. The predicted molar refractivity (Wildman–Crippen MR) is 76.9 cm³/mol. The third kappa shape index (κ3) is 4.66. The predicted octanol–water partition coefficient (Wildman–Crippen LogP) is 0.561. The molecule has 1 fully saturated rings. The molecule has 5 nitrogen and oxygen atoms in total. The molecule has 5 heteroatoms. The topological polar surface area (TPSA) is 70.2 Å². The van der Waals surface area contributed by atoms with Gasteiger partial charge in [0.2, 0.25) is 11.8 Å². The summed E-state index contributed by atoms with van der Waals surface area (Å²) >= 11 is 0. The van der Waals surface area contributed by atoms with Gasteiger partial charge >= 0.3 is 0 Å². The third-order valence-corrected chi connectivity index (χ3v) is 3.38. The van der Waals surface area contributed by atoms with E-state index in [0.29, 0.717) is 6.54 Å². The highest BCUT2D eigenvalue weighted by molar-refractivity contribution is 5.87. The van der Waals surface area contributed by atoms with E-state index in [-0.39, 0.29) is 24.4 Å². The Hall–Kier alpha value is -1.88. The van der Waals surface area contributed by atoms with Crippen molar-refractivity contribution in [2.45, 2.75) is 31.8 Å². The molecule has 1 saturated heterocycles. The first-order valence-corrected chi connectivity index (χ1v) is 7.07. The van der Waals surface area contributed by atoms with Crippen LogP contribution in [0.2, 0.25) is 0 Å². The summed E-state index contributed by atoms with van der Waals surface area (Å²) in [5.41, 5.74) is 1.04. The number of hydrogen-bond donors (Lipinski definition) is 3. The van der Waals surface area contributed by atoms with Crippen molar-refractivity contribution >= 4 is 11.8 Å². The van der Waals surface area contributed by atoms with E-state index in [4.69, 9.17) is 0 Å². The van der Waals surface area contributed by atoms with Gasteiger partial charge in [0.05, 0.1) is 12.6 Å². The highest BCUT2D eigenvalue weighted by Crippen LogP contribution is 2.06. The lowest BCUT2D eigenvalue weighted by atomic mass is 10.0. The highest BCUT2D eigenvalue weighted by Gasteiger charge is 2.20. The molecule has 0 saturated carbocycles. The molecule has 0 bridgehead atoms. The molecule has 1 aromatic carbocycles. The average Bonchev–Trinajstić information content (AvgIpc) is 2.52. The van der Waals surface area contributed by atoms with Crippen LogP contribution >= 0.6 is 0 Å². The first kappa shape index (κ1) is 14.5. The molecular formula is C15H21N3O2. The van der Waals surface area contributed by atoms with Gasteiger partial charge in [-0.1, -0.05) is 36.8 Å². The molecule has 0 aliphatic carbocycles. The van der Waals surface area contributed by atoms with Crippen LogP contribution in [0, 0.1) is 0 Å². The molecule has 1 aliphatic rings. The Kier molecular flexibility index (Phi) is 5.55. The van der Waals surface area contributed by atoms with Crippen molar-refractivity contribution in [2.75, 3.05) is 13.1 Å². The first-order chi connectivity index (χ1) is 9.75. The van der Waals surface area contributed by atoms with Gasteiger partial charge in [0.25, 0.3) is 0 Å². The van der Waals surface area contributed by atoms with Crippen LogP contribution in [0.25, 0.3) is 0 Å². The van der Waals surface area contributed by atoms with Crippen LogP contribution in [-0.2, 0) is 16.1 Å². The Morgan fingerprint density at radius 2 is 1.95 bits per heavy atom. The fourth-order valence-electron chi connectivity index (χ4n) is 2.23. The van der Waals surface area contributed by atoms with Gasteiger partial charge in [0.1, 0.15) is 0 Å². The summed E-state index contributed by atoms with van der Waals surface area (Å²) < 4.78 is 0. The van der Waals surface area contributed by atoms with Crippen molar-refractivity contribution < 1.29 is 9.59 Å². The van der Waals surface area contributed by atoms with Gasteiger partial charge in [-0.25, -0.2) is 0 Å². The number of rotatable bonds is 5. The zero-order valence-corrected chi connectivity index (χ0v) is 11.5. The molecule has 0 unspecified atom stereocenters. The summed E-state index contributed by atoms with van der Waals surface area (Å²) in [6, 6.07) is 9.54. The third-order valence-electron chi connectivity index (χ3n) is 3.38. The lowest BCUT2D eigenvalue weighted by Crippen LogP contribution is -2.48. The lowest BCUT2D eigenvalue weighted by molar-refractivity contribution is -0.127. The van der Waals surface area contributed by atoms with Crippen LogP contribution < -0.4 is 16.0 Å². The number of nitrogens with one attached hydrogen (secondary N) is 3. The Balaban J connectivity index is 1.65. The van der Waals surface area contributed by atoms with Crippen molar-refractivity contribution in [3.8, 4) is 0 Å². The Morgan fingerprint density at radius 3 is 2.65 bits per heavy atom. The van der Waals surface area contributed by atoms with Crippen LogP contribution in [0.5, 0.6) is 0 Å². The molecule has 108 valence electrons. The van der Waals surface area contributed by atoms with Crippen LogP contribution in [0.4, 0.5) is 0 Å². The van der Waals surface area contributed by atoms with Crippen molar-refractivity contribution in [3.63, 3.8) is 0 Å². The lowest BCUT2D eigenvalue weighted by Gasteiger charge is -2.22. The molecule has 0 radical (unpaired) electrons. The van der Waals surface area contributed by atoms with Crippen LogP contribution in [0.1, 0.15) is 24.8 Å². The molecule has 0 aromatic heterocycles. The van der Waals surface area contributed by atoms with Crippen LogP contribution in [0.15, 0.2) is 30.3 Å². The smallest absolute Gasteiger partial charge is 0.239 e. The number of piperidine rings is 1. The van der Waals surface area contributed by atoms with Crippen molar-refractivity contribution in [1.82, 2.24) is 16.0 Å². The van der Waals surface area contributed by atoms with Crippen molar-refractivity contribution in [2.24, 2.45) is 0 Å². The normalized spacial score (nSPS) is 18.3. The van der Waals surface area contributed by atoms with Crippen molar-refractivity contribution in [1.29, 1.82) is 0 Å². The Morgan fingerprint density at radius 1 is 1.15 bits per heavy atom. The summed E-state index contributed by atoms with van der Waals surface area (Å²) in [6.07, 6.45) is 3.02. The summed E-state index contributed by atoms with van der Waals surface area (Å²) in [5.74, 6) is -0.252. The summed E-state index contributed by atoms with van der Waals surface area (Å²) in [7, 11) is 0. The summed E-state index contributed by atoms with van der Waals surface area (Å²) in [6.45, 7) is 1.39. The largest absolute Gasteiger partial charge is 0.350 e. The minimum Gasteiger partial charge on any atom is -0.350 e. The van der Waals surface area contributed by atoms with Gasteiger partial charge in [0, 0.05) is 6.54 Å². The second-order valence-corrected chi connectivity index (χ2v) is 4.98. The van der Waals surface area contributed by atoms with Gasteiger partial charge in [-0.3, -0.25) is 9.59 Å². The fourth-order valence-corrected chi connectivity index (χ4v) is 2.23. The minimum absolute atomic E-state index is 0.0316. The van der Waals surface area contributed by atoms with E-state index >= 15 is 0 Å². The number of amides is 2.